The topological polar surface area (TPSA) is 121 Å². The number of benzene rings is 2. The maximum Gasteiger partial charge on any atom is 0.307 e. The minimum Gasteiger partial charge on any atom is -0.486 e. The zero-order valence-corrected chi connectivity index (χ0v) is 24.8. The normalized spacial score (nSPS) is 11.1. The number of hydrogen-bond acceptors (Lipinski definition) is 6. The van der Waals surface area contributed by atoms with Crippen LogP contribution in [0.1, 0.15) is 33.3 Å². The number of nitrogens with one attached hydrogen (secondary N) is 1. The molecule has 2 amide bonds. The van der Waals surface area contributed by atoms with E-state index in [2.05, 4.69) is 86.3 Å². The van der Waals surface area contributed by atoms with Crippen molar-refractivity contribution >= 4 is 63.2 Å². The van der Waals surface area contributed by atoms with Gasteiger partial charge in [-0.2, -0.15) is 5.10 Å². The Balaban J connectivity index is 1.30. The Bertz CT molecular complexity index is 1450. The smallest absolute Gasteiger partial charge is 0.307 e. The summed E-state index contributed by atoms with van der Waals surface area (Å²) in [4.78, 5) is 23.4. The molecule has 2 heterocycles. The first-order chi connectivity index (χ1) is 18.2. The first kappa shape index (κ1) is 27.7. The molecular weight excluding hydrogens is 714 g/mol. The Morgan fingerprint density at radius 2 is 1.66 bits per heavy atom. The molecule has 0 aliphatic rings. The molecule has 9 nitrogen and oxygen atoms in total. The summed E-state index contributed by atoms with van der Waals surface area (Å²) in [5.74, 6) is 0.854. The number of hydrazone groups is 1. The molecule has 0 aliphatic carbocycles. The summed E-state index contributed by atoms with van der Waals surface area (Å²) in [5.41, 5.74) is 11.7. The number of halogens is 2. The fraction of sp³-hybridized carbons (Fsp3) is 0.148. The quantitative estimate of drug-likeness (QED) is 0.133. The Labute approximate surface area is 246 Å². The van der Waals surface area contributed by atoms with Crippen LogP contribution in [0.4, 0.5) is 0 Å². The van der Waals surface area contributed by atoms with E-state index in [1.807, 2.05) is 36.4 Å². The molecule has 4 aromatic rings. The number of nitrogens with two attached hydrogens (primary N) is 1. The molecule has 11 heteroatoms. The number of amides is 2. The Hall–Kier alpha value is -3.33. The van der Waals surface area contributed by atoms with Gasteiger partial charge in [0.25, 0.3) is 5.91 Å². The van der Waals surface area contributed by atoms with Crippen molar-refractivity contribution in [3.05, 3.63) is 96.3 Å². The number of hydrogen-bond donors (Lipinski definition) is 2. The minimum absolute atomic E-state index is 0.119. The predicted molar refractivity (Wildman–Crippen MR) is 160 cm³/mol. The van der Waals surface area contributed by atoms with Gasteiger partial charge in [-0.25, -0.2) is 5.43 Å². The molecular formula is C27H24I2N4O5. The van der Waals surface area contributed by atoms with Crippen molar-refractivity contribution in [2.45, 2.75) is 20.5 Å². The van der Waals surface area contributed by atoms with Gasteiger partial charge in [-0.15, -0.1) is 0 Å². The Kier molecular flexibility index (Phi) is 9.09. The van der Waals surface area contributed by atoms with Crippen LogP contribution >= 0.6 is 45.2 Å². The number of rotatable bonds is 10. The second-order valence-corrected chi connectivity index (χ2v) is 10.6. The van der Waals surface area contributed by atoms with Gasteiger partial charge in [-0.3, -0.25) is 9.59 Å². The third-order valence-electron chi connectivity index (χ3n) is 5.39. The van der Waals surface area contributed by atoms with E-state index in [9.17, 15) is 9.59 Å². The van der Waals surface area contributed by atoms with Gasteiger partial charge in [0.15, 0.2) is 12.4 Å². The Morgan fingerprint density at radius 1 is 1.00 bits per heavy atom. The van der Waals surface area contributed by atoms with Gasteiger partial charge >= 0.3 is 5.91 Å². The van der Waals surface area contributed by atoms with Crippen LogP contribution in [0, 0.1) is 21.0 Å². The number of ether oxygens (including phenoxy) is 2. The van der Waals surface area contributed by atoms with Gasteiger partial charge in [0.1, 0.15) is 23.9 Å². The summed E-state index contributed by atoms with van der Waals surface area (Å²) >= 11 is 4.19. The van der Waals surface area contributed by atoms with Gasteiger partial charge in [0, 0.05) is 17.1 Å². The van der Waals surface area contributed by atoms with Crippen LogP contribution in [-0.2, 0) is 11.4 Å². The van der Waals surface area contributed by atoms with Crippen molar-refractivity contribution in [3.63, 3.8) is 0 Å². The molecule has 0 atom stereocenters. The third-order valence-corrected chi connectivity index (χ3v) is 6.99. The number of carbonyl (C=O) groups is 2. The number of nitrogens with zero attached hydrogens (tertiary/aromatic N) is 2. The lowest BCUT2D eigenvalue weighted by atomic mass is 10.2. The maximum atomic E-state index is 12.4. The molecule has 2 aromatic carbocycles. The molecule has 0 radical (unpaired) electrons. The molecule has 0 bridgehead atoms. The highest BCUT2D eigenvalue weighted by Gasteiger charge is 2.12. The van der Waals surface area contributed by atoms with Gasteiger partial charge in [0.05, 0.1) is 13.4 Å². The van der Waals surface area contributed by atoms with Gasteiger partial charge in [-0.1, -0.05) is 0 Å². The van der Waals surface area contributed by atoms with Crippen LogP contribution in [0.2, 0.25) is 0 Å². The van der Waals surface area contributed by atoms with E-state index in [1.165, 1.54) is 6.21 Å². The zero-order chi connectivity index (χ0) is 27.2. The van der Waals surface area contributed by atoms with Crippen LogP contribution in [0.3, 0.4) is 0 Å². The number of furan rings is 1. The molecule has 0 spiro atoms. The third kappa shape index (κ3) is 6.95. The van der Waals surface area contributed by atoms with Gasteiger partial charge < -0.3 is 24.2 Å². The van der Waals surface area contributed by atoms with Crippen molar-refractivity contribution in [2.24, 2.45) is 10.8 Å². The average molecular weight is 738 g/mol. The van der Waals surface area contributed by atoms with E-state index in [0.717, 1.165) is 29.8 Å². The predicted octanol–water partition coefficient (Wildman–Crippen LogP) is 5.10. The van der Waals surface area contributed by atoms with E-state index in [-0.39, 0.29) is 19.0 Å². The summed E-state index contributed by atoms with van der Waals surface area (Å²) in [6.07, 6.45) is 1.51. The standard InChI is InChI=1S/C27H24I2N4O5/c1-16-3-4-17(2)33(16)19-5-7-20(8-6-19)36-14-21-9-10-24(38-21)27(35)32-31-13-18-11-22(28)26(23(29)12-18)37-15-25(30)34/h3-13H,14-15H2,1-2H3,(H2,30,34)(H,32,35)/b31-13+. The number of carbonyl (C=O) groups excluding carboxylic acids is 2. The molecule has 0 unspecified atom stereocenters. The summed E-state index contributed by atoms with van der Waals surface area (Å²) in [6, 6.07) is 18.8. The summed E-state index contributed by atoms with van der Waals surface area (Å²) < 4.78 is 20.6. The van der Waals surface area contributed by atoms with E-state index in [4.69, 9.17) is 19.6 Å². The number of aromatic nitrogens is 1. The number of aryl methyl sites for hydroxylation is 2. The highest BCUT2D eigenvalue weighted by molar-refractivity contribution is 14.1. The molecule has 2 aromatic heterocycles. The summed E-state index contributed by atoms with van der Waals surface area (Å²) in [7, 11) is 0. The zero-order valence-electron chi connectivity index (χ0n) is 20.5. The van der Waals surface area contributed by atoms with Gasteiger partial charge in [0.2, 0.25) is 0 Å². The van der Waals surface area contributed by atoms with Crippen LogP contribution in [0.25, 0.3) is 5.69 Å². The maximum absolute atomic E-state index is 12.4. The van der Waals surface area contributed by atoms with E-state index in [0.29, 0.717) is 17.3 Å². The molecule has 4 rings (SSSR count). The van der Waals surface area contributed by atoms with E-state index in [1.54, 1.807) is 12.1 Å². The fourth-order valence-corrected chi connectivity index (χ4v) is 5.78. The van der Waals surface area contributed by atoms with Crippen LogP contribution in [0.15, 0.2) is 70.2 Å². The second-order valence-electron chi connectivity index (χ2n) is 8.27. The van der Waals surface area contributed by atoms with Crippen molar-refractivity contribution in [3.8, 4) is 17.2 Å². The minimum atomic E-state index is -0.551. The lowest BCUT2D eigenvalue weighted by Gasteiger charge is -2.10. The van der Waals surface area contributed by atoms with Crippen molar-refractivity contribution < 1.29 is 23.5 Å². The molecule has 196 valence electrons. The summed E-state index contributed by atoms with van der Waals surface area (Å²) in [5, 5.41) is 4.01. The van der Waals surface area contributed by atoms with Crippen molar-refractivity contribution in [1.82, 2.24) is 9.99 Å². The molecule has 0 fully saturated rings. The van der Waals surface area contributed by atoms with E-state index < -0.39 is 11.8 Å². The van der Waals surface area contributed by atoms with Crippen molar-refractivity contribution in [2.75, 3.05) is 6.61 Å². The Morgan fingerprint density at radius 3 is 2.29 bits per heavy atom. The molecule has 0 saturated carbocycles. The van der Waals surface area contributed by atoms with Crippen LogP contribution in [-0.4, -0.2) is 29.2 Å². The molecule has 0 aliphatic heterocycles. The first-order valence-electron chi connectivity index (χ1n) is 11.4. The van der Waals surface area contributed by atoms with Gasteiger partial charge in [-0.05, 0) is 125 Å². The van der Waals surface area contributed by atoms with Crippen LogP contribution in [0.5, 0.6) is 11.5 Å². The van der Waals surface area contributed by atoms with E-state index >= 15 is 0 Å². The SMILES string of the molecule is Cc1ccc(C)n1-c1ccc(OCc2ccc(C(=O)N/N=C/c3cc(I)c(OCC(N)=O)c(I)c3)o2)cc1. The van der Waals surface area contributed by atoms with Crippen molar-refractivity contribution in [1.29, 1.82) is 0 Å². The second kappa shape index (κ2) is 12.5. The molecule has 0 saturated heterocycles. The first-order valence-corrected chi connectivity index (χ1v) is 13.6. The summed E-state index contributed by atoms with van der Waals surface area (Å²) in [6.45, 7) is 4.11. The largest absolute Gasteiger partial charge is 0.486 e. The van der Waals surface area contributed by atoms with Crippen LogP contribution < -0.4 is 20.6 Å². The molecule has 3 N–H and O–H groups in total. The highest BCUT2D eigenvalue weighted by Crippen LogP contribution is 2.28. The highest BCUT2D eigenvalue weighted by atomic mass is 127. The average Bonchev–Trinajstić information content (AvgIpc) is 3.48. The lowest BCUT2D eigenvalue weighted by Crippen LogP contribution is -2.20. The lowest BCUT2D eigenvalue weighted by molar-refractivity contribution is -0.119. The number of primary amides is 1. The monoisotopic (exact) mass is 738 g/mol. The fourth-order valence-electron chi connectivity index (χ4n) is 3.65. The molecule has 38 heavy (non-hydrogen) atoms.